The summed E-state index contributed by atoms with van der Waals surface area (Å²) >= 11 is 0. The fourth-order valence-corrected chi connectivity index (χ4v) is 7.97. The molecule has 0 radical (unpaired) electrons. The van der Waals surface area contributed by atoms with Gasteiger partial charge in [-0.15, -0.1) is 0 Å². The van der Waals surface area contributed by atoms with Crippen LogP contribution in [0.4, 0.5) is 0 Å². The van der Waals surface area contributed by atoms with Crippen LogP contribution in [0.15, 0.2) is 0 Å². The van der Waals surface area contributed by atoms with E-state index < -0.39 is 12.2 Å². The number of rotatable bonds is 54. The largest absolute Gasteiger partial charge is 0.396 e. The Balaban J connectivity index is -0.0000000972. The molecule has 23 heteroatoms. The molecular weight excluding hydrogens is 1280 g/mol. The maximum absolute atomic E-state index is 9.37. The lowest BCUT2D eigenvalue weighted by Gasteiger charge is -2.27. The molecule has 0 bridgehead atoms. The van der Waals surface area contributed by atoms with Crippen LogP contribution in [0, 0.1) is 40.4 Å². The van der Waals surface area contributed by atoms with E-state index in [-0.39, 0.29) is 142 Å². The molecule has 0 heterocycles. The minimum absolute atomic E-state index is 0.0451. The van der Waals surface area contributed by atoms with Crippen LogP contribution in [-0.4, -0.2) is 269 Å². The van der Waals surface area contributed by atoms with Crippen molar-refractivity contribution in [3.8, 4) is 0 Å². The van der Waals surface area contributed by atoms with E-state index in [4.69, 9.17) is 112 Å². The van der Waals surface area contributed by atoms with Gasteiger partial charge in [0.15, 0.2) is 0 Å². The van der Waals surface area contributed by atoms with Crippen LogP contribution in [-0.2, 0) is 4.74 Å². The summed E-state index contributed by atoms with van der Waals surface area (Å²) < 4.78 is 5.33. The smallest absolute Gasteiger partial charge is 0.100 e. The Labute approximate surface area is 607 Å². The number of aliphatic hydroxyl groups excluding tert-OH is 22. The van der Waals surface area contributed by atoms with Crippen molar-refractivity contribution in [1.29, 1.82) is 0 Å². The first-order valence-electron chi connectivity index (χ1n) is 38.5. The molecule has 0 aliphatic rings. The van der Waals surface area contributed by atoms with Gasteiger partial charge in [-0.3, -0.25) is 0 Å². The van der Waals surface area contributed by atoms with Crippen LogP contribution >= 0.6 is 0 Å². The summed E-state index contributed by atoms with van der Waals surface area (Å²) in [5.41, 5.74) is -0.518. The highest BCUT2D eigenvalue weighted by Crippen LogP contribution is 2.27. The lowest BCUT2D eigenvalue weighted by molar-refractivity contribution is -0.00599. The lowest BCUT2D eigenvalue weighted by atomic mass is 9.82. The van der Waals surface area contributed by atoms with Crippen molar-refractivity contribution < 1.29 is 117 Å². The molecular formula is C76H174O23. The molecule has 0 fully saturated rings. The third-order valence-electron chi connectivity index (χ3n) is 16.0. The van der Waals surface area contributed by atoms with Gasteiger partial charge in [-0.25, -0.2) is 0 Å². The molecule has 0 aliphatic heterocycles. The van der Waals surface area contributed by atoms with Gasteiger partial charge >= 0.3 is 0 Å². The first-order valence-corrected chi connectivity index (χ1v) is 38.5. The molecule has 0 aliphatic carbocycles. The SMILES string of the molecule is CC(C)(CO)CO.CC(CCO)CCO.CC(O)CO.CCC(CO)CC(CC)CO.CCCC(O)CC(CC)CO.CCCCC(CC)(CO)CO.CCCCC(CC)COCC(O)CO.OCCCCCCCCCCCCO.OCCCCCCO.OCCCCO.OCCO. The second kappa shape index (κ2) is 110. The van der Waals surface area contributed by atoms with Gasteiger partial charge in [0, 0.05) is 90.1 Å². The monoisotopic (exact) mass is 1460 g/mol. The van der Waals surface area contributed by atoms with Crippen molar-refractivity contribution >= 4 is 0 Å². The first-order chi connectivity index (χ1) is 47.4. The zero-order chi connectivity index (χ0) is 78.5. The Morgan fingerprint density at radius 1 is 0.293 bits per heavy atom. The van der Waals surface area contributed by atoms with E-state index in [0.717, 1.165) is 141 Å². The van der Waals surface area contributed by atoms with E-state index in [1.54, 1.807) is 13.8 Å². The van der Waals surface area contributed by atoms with Crippen LogP contribution < -0.4 is 0 Å². The molecule has 99 heavy (non-hydrogen) atoms. The highest BCUT2D eigenvalue weighted by Gasteiger charge is 2.25. The summed E-state index contributed by atoms with van der Waals surface area (Å²) in [7, 11) is 0. The van der Waals surface area contributed by atoms with Gasteiger partial charge in [0.25, 0.3) is 0 Å². The van der Waals surface area contributed by atoms with Crippen molar-refractivity contribution in [2.24, 2.45) is 40.4 Å². The minimum atomic E-state index is -0.723. The summed E-state index contributed by atoms with van der Waals surface area (Å²) in [5.74, 6) is 2.11. The number of aliphatic hydroxyl groups is 22. The summed E-state index contributed by atoms with van der Waals surface area (Å²) in [6.07, 6.45) is 32.9. The van der Waals surface area contributed by atoms with Crippen molar-refractivity contribution in [1.82, 2.24) is 0 Å². The zero-order valence-electron chi connectivity index (χ0n) is 66.0. The molecule has 0 rings (SSSR count). The Hall–Kier alpha value is -0.920. The van der Waals surface area contributed by atoms with E-state index in [9.17, 15) is 5.11 Å². The highest BCUT2D eigenvalue weighted by molar-refractivity contribution is 4.75. The summed E-state index contributed by atoms with van der Waals surface area (Å²) in [6, 6.07) is 0. The third-order valence-corrected chi connectivity index (χ3v) is 16.0. The average Bonchev–Trinajstić information content (AvgIpc) is 0.931. The molecule has 0 saturated carbocycles. The second-order valence-corrected chi connectivity index (χ2v) is 26.4. The van der Waals surface area contributed by atoms with Crippen LogP contribution in [0.1, 0.15) is 295 Å². The molecule has 616 valence electrons. The number of ether oxygens (including phenoxy) is 1. The molecule has 0 spiro atoms. The standard InChI is InChI=1S/C12H26O2.C11H24O3.3C9H20O2.2C6H14O2.C5H12O2.C4H10O2.C3H8O2.C2H6O2/c13-11-9-7-5-3-1-2-4-6-8-10-12-14;1-3-5-6-10(4-2)8-14-9-11(13)7-12;1-3-8(6-10)5-9(4-2)7-11;1-3-5-9(11)6-8(4-2)7-10;1-3-5-6-9(4-2,7-10)8-11;1-6(2-4-7)3-5-8;7-5-3-1-2-4-6-8;1-5(2,3-6)4-7;5-3-1-2-4-6;1-3(5)2-4;3-1-2-4/h13-14H,1-12H2;10-13H,3-9H2,1-2H3;2*8-11H,3-7H2,1-2H3;10-11H,3-8H2,1-2H3;6-8H,2-5H2,1H3;7-8H,1-6H2;6-7H,3-4H2,1-2H3;5-6H,1-4H2;3-5H,2H2,1H3;3-4H,1-2H2. The maximum Gasteiger partial charge on any atom is 0.100 e. The molecule has 23 nitrogen and oxygen atoms in total. The topological polar surface area (TPSA) is 454 Å². The molecule has 22 N–H and O–H groups in total. The van der Waals surface area contributed by atoms with Crippen molar-refractivity contribution in [3.05, 3.63) is 0 Å². The van der Waals surface area contributed by atoms with Gasteiger partial charge in [0.05, 0.1) is 71.7 Å². The fraction of sp³-hybridized carbons (Fsp3) is 1.00. The van der Waals surface area contributed by atoms with Crippen LogP contribution in [0.5, 0.6) is 0 Å². The predicted octanol–water partition coefficient (Wildman–Crippen LogP) is 7.97. The van der Waals surface area contributed by atoms with Gasteiger partial charge in [-0.1, -0.05) is 198 Å². The number of hydrogen-bond acceptors (Lipinski definition) is 23. The lowest BCUT2D eigenvalue weighted by Crippen LogP contribution is -2.28. The average molecular weight is 1460 g/mol. The van der Waals surface area contributed by atoms with E-state index in [1.165, 1.54) is 77.6 Å². The van der Waals surface area contributed by atoms with E-state index in [1.807, 2.05) is 20.8 Å². The van der Waals surface area contributed by atoms with Gasteiger partial charge in [-0.2, -0.15) is 0 Å². The quantitative estimate of drug-likeness (QED) is 0.0257. The zero-order valence-corrected chi connectivity index (χ0v) is 66.0. The van der Waals surface area contributed by atoms with E-state index in [0.29, 0.717) is 43.5 Å². The van der Waals surface area contributed by atoms with Gasteiger partial charge in [0.2, 0.25) is 0 Å². The first kappa shape index (κ1) is 122. The van der Waals surface area contributed by atoms with Gasteiger partial charge in [0.1, 0.15) is 6.10 Å². The summed E-state index contributed by atoms with van der Waals surface area (Å²) in [5, 5.41) is 186. The molecule has 0 aromatic carbocycles. The normalized spacial score (nSPS) is 12.8. The van der Waals surface area contributed by atoms with Crippen LogP contribution in [0.25, 0.3) is 0 Å². The molecule has 0 amide bonds. The Bertz CT molecular complexity index is 1180. The molecule has 7 unspecified atom stereocenters. The summed E-state index contributed by atoms with van der Waals surface area (Å²) in [6.45, 7) is 27.4. The Morgan fingerprint density at radius 3 is 0.838 bits per heavy atom. The third kappa shape index (κ3) is 124. The molecule has 0 aromatic heterocycles. The molecule has 0 aromatic rings. The fourth-order valence-electron chi connectivity index (χ4n) is 7.97. The van der Waals surface area contributed by atoms with Crippen molar-refractivity contribution in [2.45, 2.75) is 313 Å². The van der Waals surface area contributed by atoms with Crippen LogP contribution in [0.3, 0.4) is 0 Å². The van der Waals surface area contributed by atoms with Gasteiger partial charge in [-0.05, 0) is 126 Å². The predicted molar refractivity (Wildman–Crippen MR) is 406 cm³/mol. The van der Waals surface area contributed by atoms with Crippen LogP contribution in [0.2, 0.25) is 0 Å². The van der Waals surface area contributed by atoms with Crippen molar-refractivity contribution in [2.75, 3.05) is 139 Å². The molecule has 0 saturated heterocycles. The van der Waals surface area contributed by atoms with Crippen molar-refractivity contribution in [3.63, 3.8) is 0 Å². The second-order valence-electron chi connectivity index (χ2n) is 26.4. The van der Waals surface area contributed by atoms with E-state index >= 15 is 0 Å². The van der Waals surface area contributed by atoms with Gasteiger partial charge < -0.3 is 117 Å². The van der Waals surface area contributed by atoms with E-state index in [2.05, 4.69) is 41.5 Å². The number of hydrogen-bond donors (Lipinski definition) is 22. The Morgan fingerprint density at radius 2 is 0.616 bits per heavy atom. The minimum Gasteiger partial charge on any atom is -0.396 e. The maximum atomic E-state index is 9.37. The highest BCUT2D eigenvalue weighted by atomic mass is 16.5. The Kier molecular flexibility index (Phi) is 136. The number of unbranched alkanes of at least 4 members (excludes halogenated alkanes) is 15. The summed E-state index contributed by atoms with van der Waals surface area (Å²) in [4.78, 5) is 0. The molecule has 7 atom stereocenters.